The van der Waals surface area contributed by atoms with Gasteiger partial charge >= 0.3 is 0 Å². The van der Waals surface area contributed by atoms with E-state index in [4.69, 9.17) is 9.47 Å². The molecule has 0 radical (unpaired) electrons. The zero-order valence-electron chi connectivity index (χ0n) is 18.6. The predicted octanol–water partition coefficient (Wildman–Crippen LogP) is 6.05. The van der Waals surface area contributed by atoms with Crippen molar-refractivity contribution in [2.45, 2.75) is 52.6 Å². The lowest BCUT2D eigenvalue weighted by Gasteiger charge is -2.28. The summed E-state index contributed by atoms with van der Waals surface area (Å²) in [7, 11) is 1.60. The van der Waals surface area contributed by atoms with Crippen LogP contribution in [0.5, 0.6) is 23.0 Å². The Hall–Kier alpha value is -3.21. The minimum absolute atomic E-state index is 0.0761. The standard InChI is InChI=1S/C26H30O5/c1-16(2)6-5-7-17(3)8-13-20-21(27)14-22(28)25-23(29)15-24(31-26(20)25)18-9-11-19(30-4)12-10-18/h6,8-12,14,24,27-28H,5,7,13,15H2,1-4H3/t24-/m0/s1. The van der Waals surface area contributed by atoms with Gasteiger partial charge in [-0.2, -0.15) is 0 Å². The Balaban J connectivity index is 1.90. The van der Waals surface area contributed by atoms with Crippen LogP contribution in [-0.4, -0.2) is 23.1 Å². The van der Waals surface area contributed by atoms with E-state index in [0.29, 0.717) is 12.0 Å². The fourth-order valence-electron chi connectivity index (χ4n) is 3.69. The van der Waals surface area contributed by atoms with Crippen LogP contribution in [0.15, 0.2) is 53.6 Å². The molecule has 0 aliphatic carbocycles. The van der Waals surface area contributed by atoms with Crippen molar-refractivity contribution in [3.05, 3.63) is 70.3 Å². The molecule has 0 aromatic heterocycles. The molecular weight excluding hydrogens is 392 g/mol. The Morgan fingerprint density at radius 2 is 1.84 bits per heavy atom. The molecule has 0 saturated carbocycles. The summed E-state index contributed by atoms with van der Waals surface area (Å²) in [6.45, 7) is 6.20. The van der Waals surface area contributed by atoms with Crippen molar-refractivity contribution < 1.29 is 24.5 Å². The number of ketones is 1. The van der Waals surface area contributed by atoms with Gasteiger partial charge < -0.3 is 19.7 Å². The number of phenolic OH excluding ortho intramolecular Hbond substituents is 2. The molecule has 1 atom stereocenters. The van der Waals surface area contributed by atoms with Gasteiger partial charge in [-0.05, 0) is 57.7 Å². The number of carbonyl (C=O) groups excluding carboxylic acids is 1. The van der Waals surface area contributed by atoms with E-state index >= 15 is 0 Å². The molecule has 5 nitrogen and oxygen atoms in total. The minimum Gasteiger partial charge on any atom is -0.507 e. The molecule has 0 unspecified atom stereocenters. The minimum atomic E-state index is -0.492. The van der Waals surface area contributed by atoms with Crippen LogP contribution in [0.2, 0.25) is 0 Å². The number of methoxy groups -OCH3 is 1. The molecule has 31 heavy (non-hydrogen) atoms. The summed E-state index contributed by atoms with van der Waals surface area (Å²) in [4.78, 5) is 12.9. The second-order valence-electron chi connectivity index (χ2n) is 8.18. The quantitative estimate of drug-likeness (QED) is 0.531. The van der Waals surface area contributed by atoms with Gasteiger partial charge in [0.1, 0.15) is 34.7 Å². The number of benzene rings is 2. The zero-order chi connectivity index (χ0) is 22.5. The van der Waals surface area contributed by atoms with Gasteiger partial charge in [-0.3, -0.25) is 4.79 Å². The van der Waals surface area contributed by atoms with Crippen molar-refractivity contribution in [3.8, 4) is 23.0 Å². The molecule has 164 valence electrons. The lowest BCUT2D eigenvalue weighted by molar-refractivity contribution is 0.0842. The Morgan fingerprint density at radius 3 is 2.48 bits per heavy atom. The first-order valence-electron chi connectivity index (χ1n) is 10.5. The fourth-order valence-corrected chi connectivity index (χ4v) is 3.69. The van der Waals surface area contributed by atoms with Crippen molar-refractivity contribution in [1.82, 2.24) is 0 Å². The third kappa shape index (κ3) is 5.29. The Bertz CT molecular complexity index is 1010. The van der Waals surface area contributed by atoms with E-state index in [1.165, 1.54) is 17.2 Å². The summed E-state index contributed by atoms with van der Waals surface area (Å²) in [6.07, 6.45) is 6.15. The fraction of sp³-hybridized carbons (Fsp3) is 0.346. The van der Waals surface area contributed by atoms with Gasteiger partial charge in [-0.25, -0.2) is 0 Å². The number of hydrogen-bond acceptors (Lipinski definition) is 5. The first kappa shape index (κ1) is 22.5. The molecule has 5 heteroatoms. The molecule has 0 saturated heterocycles. The second kappa shape index (κ2) is 9.73. The van der Waals surface area contributed by atoms with E-state index in [-0.39, 0.29) is 35.0 Å². The van der Waals surface area contributed by atoms with E-state index in [2.05, 4.69) is 26.8 Å². The molecule has 3 rings (SSSR count). The normalized spacial score (nSPS) is 15.8. The molecule has 2 aromatic rings. The van der Waals surface area contributed by atoms with Crippen LogP contribution in [-0.2, 0) is 6.42 Å². The van der Waals surface area contributed by atoms with Crippen LogP contribution in [0.1, 0.15) is 67.6 Å². The van der Waals surface area contributed by atoms with Crippen molar-refractivity contribution in [2.24, 2.45) is 0 Å². The van der Waals surface area contributed by atoms with E-state index in [1.807, 2.05) is 30.3 Å². The maximum Gasteiger partial charge on any atom is 0.174 e. The van der Waals surface area contributed by atoms with Crippen LogP contribution in [0, 0.1) is 0 Å². The number of hydrogen-bond donors (Lipinski definition) is 2. The number of allylic oxidation sites excluding steroid dienone is 4. The van der Waals surface area contributed by atoms with Crippen molar-refractivity contribution in [2.75, 3.05) is 7.11 Å². The van der Waals surface area contributed by atoms with E-state index in [0.717, 1.165) is 24.2 Å². The van der Waals surface area contributed by atoms with Crippen LogP contribution in [0.4, 0.5) is 0 Å². The first-order valence-corrected chi connectivity index (χ1v) is 10.5. The van der Waals surface area contributed by atoms with Crippen molar-refractivity contribution >= 4 is 5.78 Å². The summed E-state index contributed by atoms with van der Waals surface area (Å²) in [6, 6.07) is 8.58. The van der Waals surface area contributed by atoms with E-state index < -0.39 is 6.10 Å². The van der Waals surface area contributed by atoms with Gasteiger partial charge in [0.25, 0.3) is 0 Å². The Labute approximate surface area is 183 Å². The van der Waals surface area contributed by atoms with Gasteiger partial charge in [0.2, 0.25) is 0 Å². The third-order valence-electron chi connectivity index (χ3n) is 5.48. The molecular formula is C26H30O5. The second-order valence-corrected chi connectivity index (χ2v) is 8.18. The van der Waals surface area contributed by atoms with Crippen molar-refractivity contribution in [3.63, 3.8) is 0 Å². The Morgan fingerprint density at radius 1 is 1.13 bits per heavy atom. The lowest BCUT2D eigenvalue weighted by atomic mass is 9.92. The van der Waals surface area contributed by atoms with Crippen LogP contribution in [0.3, 0.4) is 0 Å². The monoisotopic (exact) mass is 422 g/mol. The van der Waals surface area contributed by atoms with Crippen LogP contribution in [0.25, 0.3) is 0 Å². The maximum absolute atomic E-state index is 12.9. The van der Waals surface area contributed by atoms with Gasteiger partial charge in [-0.15, -0.1) is 0 Å². The summed E-state index contributed by atoms with van der Waals surface area (Å²) in [5.41, 5.74) is 3.97. The average molecular weight is 423 g/mol. The Kier molecular flexibility index (Phi) is 7.06. The average Bonchev–Trinajstić information content (AvgIpc) is 2.72. The topological polar surface area (TPSA) is 76.0 Å². The number of rotatable bonds is 7. The SMILES string of the molecule is COc1ccc([C@@H]2CC(=O)c3c(O)cc(O)c(CC=C(C)CCC=C(C)C)c3O2)cc1. The molecule has 0 fully saturated rings. The summed E-state index contributed by atoms with van der Waals surface area (Å²) < 4.78 is 11.4. The maximum atomic E-state index is 12.9. The molecule has 0 spiro atoms. The zero-order valence-corrected chi connectivity index (χ0v) is 18.6. The number of carbonyl (C=O) groups is 1. The predicted molar refractivity (Wildman–Crippen MR) is 121 cm³/mol. The van der Waals surface area contributed by atoms with Gasteiger partial charge in [0, 0.05) is 11.6 Å². The van der Waals surface area contributed by atoms with Gasteiger partial charge in [-0.1, -0.05) is 35.4 Å². The highest BCUT2D eigenvalue weighted by molar-refractivity contribution is 6.03. The first-order chi connectivity index (χ1) is 14.8. The smallest absolute Gasteiger partial charge is 0.174 e. The molecule has 0 bridgehead atoms. The number of phenols is 2. The van der Waals surface area contributed by atoms with E-state index in [9.17, 15) is 15.0 Å². The number of ether oxygens (including phenoxy) is 2. The third-order valence-corrected chi connectivity index (χ3v) is 5.48. The number of Topliss-reactive ketones (excluding diaryl/α,β-unsaturated/α-hetero) is 1. The highest BCUT2D eigenvalue weighted by Gasteiger charge is 2.33. The highest BCUT2D eigenvalue weighted by atomic mass is 16.5. The van der Waals surface area contributed by atoms with Crippen molar-refractivity contribution in [1.29, 1.82) is 0 Å². The molecule has 0 amide bonds. The molecule has 1 aliphatic heterocycles. The molecule has 1 aliphatic rings. The number of aromatic hydroxyl groups is 2. The molecule has 2 aromatic carbocycles. The van der Waals surface area contributed by atoms with E-state index in [1.54, 1.807) is 7.11 Å². The summed E-state index contributed by atoms with van der Waals surface area (Å²) >= 11 is 0. The summed E-state index contributed by atoms with van der Waals surface area (Å²) in [5.74, 6) is 0.454. The summed E-state index contributed by atoms with van der Waals surface area (Å²) in [5, 5.41) is 20.8. The largest absolute Gasteiger partial charge is 0.507 e. The van der Waals surface area contributed by atoms with Crippen LogP contribution >= 0.6 is 0 Å². The van der Waals surface area contributed by atoms with Gasteiger partial charge in [0.15, 0.2) is 5.78 Å². The van der Waals surface area contributed by atoms with Crippen LogP contribution < -0.4 is 9.47 Å². The van der Waals surface area contributed by atoms with Gasteiger partial charge in [0.05, 0.1) is 13.5 Å². The number of fused-ring (bicyclic) bond motifs is 1. The lowest BCUT2D eigenvalue weighted by Crippen LogP contribution is -2.21. The molecule has 1 heterocycles. The molecule has 2 N–H and O–H groups in total. The highest BCUT2D eigenvalue weighted by Crippen LogP contribution is 2.45.